The SMILES string of the molecule is Cc1c(Cl)c(Nc2c(Br)cc(Br)cc2Br)c(C#N)c(Cl)c1C#N. The van der Waals surface area contributed by atoms with E-state index in [0.29, 0.717) is 16.9 Å². The first-order valence-electron chi connectivity index (χ1n) is 6.05. The van der Waals surface area contributed by atoms with Gasteiger partial charge in [-0.2, -0.15) is 10.5 Å². The molecule has 0 saturated heterocycles. The number of nitrogens with one attached hydrogen (secondary N) is 1. The van der Waals surface area contributed by atoms with Gasteiger partial charge in [0.15, 0.2) is 0 Å². The molecular formula is C15H6Br3Cl2N3. The minimum Gasteiger partial charge on any atom is -0.351 e. The van der Waals surface area contributed by atoms with Crippen molar-refractivity contribution >= 4 is 82.4 Å². The molecule has 3 nitrogen and oxygen atoms in total. The van der Waals surface area contributed by atoms with E-state index in [1.54, 1.807) is 6.92 Å². The molecule has 0 radical (unpaired) electrons. The van der Waals surface area contributed by atoms with E-state index < -0.39 is 0 Å². The van der Waals surface area contributed by atoms with Crippen LogP contribution in [-0.4, -0.2) is 0 Å². The number of hydrogen-bond acceptors (Lipinski definition) is 3. The highest BCUT2D eigenvalue weighted by atomic mass is 79.9. The monoisotopic (exact) mass is 535 g/mol. The maximum atomic E-state index is 9.42. The molecule has 8 heteroatoms. The highest BCUT2D eigenvalue weighted by molar-refractivity contribution is 9.11. The van der Waals surface area contributed by atoms with E-state index in [2.05, 4.69) is 53.1 Å². The van der Waals surface area contributed by atoms with Gasteiger partial charge < -0.3 is 5.32 Å². The van der Waals surface area contributed by atoms with Gasteiger partial charge in [0.25, 0.3) is 0 Å². The van der Waals surface area contributed by atoms with E-state index in [-0.39, 0.29) is 21.2 Å². The third kappa shape index (κ3) is 3.52. The Hall–Kier alpha value is -0.760. The number of nitrogens with zero attached hydrogens (tertiary/aromatic N) is 2. The van der Waals surface area contributed by atoms with E-state index in [1.165, 1.54) is 0 Å². The highest BCUT2D eigenvalue weighted by Crippen LogP contribution is 2.42. The molecule has 2 aromatic carbocycles. The predicted octanol–water partition coefficient (Wildman–Crippen LogP) is 7.08. The lowest BCUT2D eigenvalue weighted by Crippen LogP contribution is -2.01. The van der Waals surface area contributed by atoms with Crippen LogP contribution in [0.15, 0.2) is 25.6 Å². The van der Waals surface area contributed by atoms with Gasteiger partial charge >= 0.3 is 0 Å². The van der Waals surface area contributed by atoms with Crippen LogP contribution >= 0.6 is 71.0 Å². The molecule has 1 N–H and O–H groups in total. The maximum Gasteiger partial charge on any atom is 0.103 e. The summed E-state index contributed by atoms with van der Waals surface area (Å²) in [6, 6.07) is 7.69. The van der Waals surface area contributed by atoms with Crippen molar-refractivity contribution in [3.8, 4) is 12.1 Å². The quantitative estimate of drug-likeness (QED) is 0.445. The Balaban J connectivity index is 2.72. The summed E-state index contributed by atoms with van der Waals surface area (Å²) in [5.41, 5.74) is 1.89. The van der Waals surface area contributed by atoms with Crippen LogP contribution in [0.25, 0.3) is 0 Å². The third-order valence-electron chi connectivity index (χ3n) is 3.09. The summed E-state index contributed by atoms with van der Waals surface area (Å²) in [6.45, 7) is 1.69. The van der Waals surface area contributed by atoms with Gasteiger partial charge in [-0.3, -0.25) is 0 Å². The molecule has 116 valence electrons. The average Bonchev–Trinajstić information content (AvgIpc) is 2.48. The van der Waals surface area contributed by atoms with Crippen LogP contribution in [0, 0.1) is 29.6 Å². The molecule has 0 aromatic heterocycles. The van der Waals surface area contributed by atoms with Crippen LogP contribution in [0.4, 0.5) is 11.4 Å². The Morgan fingerprint density at radius 1 is 0.913 bits per heavy atom. The van der Waals surface area contributed by atoms with Crippen molar-refractivity contribution in [1.82, 2.24) is 0 Å². The van der Waals surface area contributed by atoms with Gasteiger partial charge in [0.1, 0.15) is 12.1 Å². The first-order valence-corrected chi connectivity index (χ1v) is 9.18. The minimum atomic E-state index is 0.0868. The zero-order valence-electron chi connectivity index (χ0n) is 11.4. The molecule has 0 aliphatic heterocycles. The molecule has 0 heterocycles. The van der Waals surface area contributed by atoms with Crippen molar-refractivity contribution in [3.05, 3.63) is 52.3 Å². The van der Waals surface area contributed by atoms with Crippen molar-refractivity contribution in [1.29, 1.82) is 10.5 Å². The molecule has 0 aliphatic carbocycles. The van der Waals surface area contributed by atoms with Gasteiger partial charge in [-0.05, 0) is 56.5 Å². The van der Waals surface area contributed by atoms with E-state index in [1.807, 2.05) is 24.3 Å². The van der Waals surface area contributed by atoms with Gasteiger partial charge in [0, 0.05) is 13.4 Å². The fourth-order valence-corrected chi connectivity index (χ4v) is 4.96. The Bertz CT molecular complexity index is 876. The van der Waals surface area contributed by atoms with Gasteiger partial charge in [0.2, 0.25) is 0 Å². The lowest BCUT2D eigenvalue weighted by molar-refractivity contribution is 1.36. The third-order valence-corrected chi connectivity index (χ3v) is 5.65. The van der Waals surface area contributed by atoms with E-state index in [4.69, 9.17) is 23.2 Å². The zero-order chi connectivity index (χ0) is 17.3. The predicted molar refractivity (Wildman–Crippen MR) is 103 cm³/mol. The van der Waals surface area contributed by atoms with Crippen molar-refractivity contribution in [2.75, 3.05) is 5.32 Å². The van der Waals surface area contributed by atoms with Crippen LogP contribution in [0.5, 0.6) is 0 Å². The number of benzene rings is 2. The van der Waals surface area contributed by atoms with Crippen molar-refractivity contribution in [2.24, 2.45) is 0 Å². The number of nitriles is 2. The highest BCUT2D eigenvalue weighted by Gasteiger charge is 2.21. The van der Waals surface area contributed by atoms with Crippen LogP contribution in [0.3, 0.4) is 0 Å². The molecule has 0 atom stereocenters. The minimum absolute atomic E-state index is 0.0868. The van der Waals surface area contributed by atoms with Crippen LogP contribution < -0.4 is 5.32 Å². The molecule has 0 bridgehead atoms. The molecule has 0 aliphatic rings. The standard InChI is InChI=1S/C15H6Br3Cl2N3/c1-6-8(4-21)13(20)9(5-22)14(12(6)19)23-15-10(17)2-7(16)3-11(15)18/h2-3,23H,1H3. The second kappa shape index (κ2) is 7.42. The first-order chi connectivity index (χ1) is 10.8. The lowest BCUT2D eigenvalue weighted by Gasteiger charge is -2.17. The number of rotatable bonds is 2. The summed E-state index contributed by atoms with van der Waals surface area (Å²) >= 11 is 22.9. The van der Waals surface area contributed by atoms with Crippen LogP contribution in [-0.2, 0) is 0 Å². The summed E-state index contributed by atoms with van der Waals surface area (Å²) in [6.07, 6.45) is 0. The Kier molecular flexibility index (Phi) is 5.99. The Morgan fingerprint density at radius 3 is 1.91 bits per heavy atom. The zero-order valence-corrected chi connectivity index (χ0v) is 17.7. The fraction of sp³-hybridized carbons (Fsp3) is 0.0667. The number of anilines is 2. The van der Waals surface area contributed by atoms with Gasteiger partial charge in [-0.1, -0.05) is 39.1 Å². The van der Waals surface area contributed by atoms with Crippen LogP contribution in [0.2, 0.25) is 10.0 Å². The first kappa shape index (κ1) is 18.6. The van der Waals surface area contributed by atoms with Crippen molar-refractivity contribution in [2.45, 2.75) is 6.92 Å². The smallest absolute Gasteiger partial charge is 0.103 e. The summed E-state index contributed by atoms with van der Waals surface area (Å²) in [5, 5.41) is 22.1. The van der Waals surface area contributed by atoms with E-state index in [9.17, 15) is 10.5 Å². The second-order valence-electron chi connectivity index (χ2n) is 4.47. The number of hydrogen-bond donors (Lipinski definition) is 1. The second-order valence-corrected chi connectivity index (χ2v) is 7.85. The topological polar surface area (TPSA) is 59.6 Å². The molecular weight excluding hydrogens is 533 g/mol. The molecule has 0 saturated carbocycles. The van der Waals surface area contributed by atoms with E-state index in [0.717, 1.165) is 13.4 Å². The molecule has 0 spiro atoms. The van der Waals surface area contributed by atoms with E-state index >= 15 is 0 Å². The summed E-state index contributed by atoms with van der Waals surface area (Å²) in [4.78, 5) is 0. The van der Waals surface area contributed by atoms with Crippen molar-refractivity contribution < 1.29 is 0 Å². The molecule has 2 aromatic rings. The Morgan fingerprint density at radius 2 is 1.43 bits per heavy atom. The summed E-state index contributed by atoms with van der Waals surface area (Å²) < 4.78 is 2.40. The Labute approximate surface area is 168 Å². The summed E-state index contributed by atoms with van der Waals surface area (Å²) in [7, 11) is 0. The van der Waals surface area contributed by atoms with Gasteiger partial charge in [0.05, 0.1) is 32.5 Å². The van der Waals surface area contributed by atoms with Crippen LogP contribution in [0.1, 0.15) is 16.7 Å². The van der Waals surface area contributed by atoms with Gasteiger partial charge in [-0.15, -0.1) is 0 Å². The average molecular weight is 539 g/mol. The fourth-order valence-electron chi connectivity index (χ4n) is 1.95. The number of halogens is 5. The molecule has 2 rings (SSSR count). The summed E-state index contributed by atoms with van der Waals surface area (Å²) in [5.74, 6) is 0. The molecule has 0 amide bonds. The molecule has 23 heavy (non-hydrogen) atoms. The normalized spacial score (nSPS) is 10.1. The van der Waals surface area contributed by atoms with Gasteiger partial charge in [-0.25, -0.2) is 0 Å². The molecule has 0 fully saturated rings. The maximum absolute atomic E-state index is 9.42. The molecule has 0 unspecified atom stereocenters. The lowest BCUT2D eigenvalue weighted by atomic mass is 10.0. The van der Waals surface area contributed by atoms with Crippen molar-refractivity contribution in [3.63, 3.8) is 0 Å². The largest absolute Gasteiger partial charge is 0.351 e.